The summed E-state index contributed by atoms with van der Waals surface area (Å²) in [5.74, 6) is 2.46. The van der Waals surface area contributed by atoms with Crippen LogP contribution >= 0.6 is 0 Å². The van der Waals surface area contributed by atoms with Crippen molar-refractivity contribution in [2.24, 2.45) is 0 Å². The van der Waals surface area contributed by atoms with Crippen molar-refractivity contribution < 1.29 is 18.8 Å². The van der Waals surface area contributed by atoms with Crippen molar-refractivity contribution >= 4 is 11.6 Å². The average Bonchev–Trinajstić information content (AvgIpc) is 3.17. The standard InChI is InChI=1S/C21H25N3O4/c25-21(20-16-5-1-2-6-17(16)28-23-20)24-9-3-4-15(13-24)22-14-7-8-18-19(12-14)27-11-10-26-18/h7-8,12,15,22H,1-6,9-11,13H2. The van der Waals surface area contributed by atoms with Gasteiger partial charge in [0.15, 0.2) is 17.2 Å². The van der Waals surface area contributed by atoms with E-state index in [9.17, 15) is 4.79 Å². The maximum atomic E-state index is 13.1. The van der Waals surface area contributed by atoms with Gasteiger partial charge < -0.3 is 24.2 Å². The lowest BCUT2D eigenvalue weighted by Gasteiger charge is -2.33. The number of nitrogens with zero attached hydrogens (tertiary/aromatic N) is 2. The van der Waals surface area contributed by atoms with Gasteiger partial charge in [0.25, 0.3) is 5.91 Å². The number of carbonyl (C=O) groups excluding carboxylic acids is 1. The van der Waals surface area contributed by atoms with Crippen LogP contribution in [0.5, 0.6) is 11.5 Å². The van der Waals surface area contributed by atoms with Crippen molar-refractivity contribution in [2.75, 3.05) is 31.6 Å². The van der Waals surface area contributed by atoms with Gasteiger partial charge in [0.2, 0.25) is 0 Å². The van der Waals surface area contributed by atoms with Crippen LogP contribution in [-0.2, 0) is 12.8 Å². The first kappa shape index (κ1) is 17.4. The smallest absolute Gasteiger partial charge is 0.276 e. The van der Waals surface area contributed by atoms with Gasteiger partial charge >= 0.3 is 0 Å². The Labute approximate surface area is 164 Å². The molecule has 1 aromatic heterocycles. The summed E-state index contributed by atoms with van der Waals surface area (Å²) < 4.78 is 16.7. The van der Waals surface area contributed by atoms with E-state index in [0.29, 0.717) is 25.5 Å². The third-order valence-corrected chi connectivity index (χ3v) is 5.77. The van der Waals surface area contributed by atoms with E-state index >= 15 is 0 Å². The highest BCUT2D eigenvalue weighted by Crippen LogP contribution is 2.33. The van der Waals surface area contributed by atoms with Gasteiger partial charge in [-0.1, -0.05) is 5.16 Å². The zero-order valence-corrected chi connectivity index (χ0v) is 15.9. The summed E-state index contributed by atoms with van der Waals surface area (Å²) in [6.45, 7) is 2.59. The molecule has 0 spiro atoms. The third kappa shape index (κ3) is 3.30. The number of carbonyl (C=O) groups is 1. The number of likely N-dealkylation sites (tertiary alicyclic amines) is 1. The fourth-order valence-electron chi connectivity index (χ4n) is 4.35. The Bertz CT molecular complexity index is 879. The highest BCUT2D eigenvalue weighted by Gasteiger charge is 2.30. The maximum Gasteiger partial charge on any atom is 0.276 e. The minimum Gasteiger partial charge on any atom is -0.486 e. The summed E-state index contributed by atoms with van der Waals surface area (Å²) in [5, 5.41) is 7.66. The van der Waals surface area contributed by atoms with Gasteiger partial charge in [-0.15, -0.1) is 0 Å². The SMILES string of the molecule is O=C(c1noc2c1CCCC2)N1CCCC(Nc2ccc3c(c2)OCCO3)C1. The number of fused-ring (bicyclic) bond motifs is 2. The normalized spacial score (nSPS) is 21.1. The van der Waals surface area contributed by atoms with Crippen LogP contribution in [0.25, 0.3) is 0 Å². The molecule has 1 fully saturated rings. The molecule has 2 aromatic rings. The van der Waals surface area contributed by atoms with E-state index in [1.807, 2.05) is 23.1 Å². The zero-order valence-electron chi connectivity index (χ0n) is 15.9. The molecule has 7 nitrogen and oxygen atoms in total. The molecule has 3 heterocycles. The Balaban J connectivity index is 1.27. The van der Waals surface area contributed by atoms with Crippen LogP contribution in [0.4, 0.5) is 5.69 Å². The number of benzene rings is 1. The van der Waals surface area contributed by atoms with E-state index in [0.717, 1.165) is 73.6 Å². The monoisotopic (exact) mass is 383 g/mol. The van der Waals surface area contributed by atoms with Crippen molar-refractivity contribution in [1.29, 1.82) is 0 Å². The van der Waals surface area contributed by atoms with Crippen LogP contribution in [-0.4, -0.2) is 48.3 Å². The van der Waals surface area contributed by atoms with Gasteiger partial charge in [-0.25, -0.2) is 0 Å². The van der Waals surface area contributed by atoms with Crippen molar-refractivity contribution in [3.8, 4) is 11.5 Å². The molecule has 1 N–H and O–H groups in total. The topological polar surface area (TPSA) is 76.8 Å². The number of ether oxygens (including phenoxy) is 2. The molecule has 5 rings (SSSR count). The number of rotatable bonds is 3. The molecule has 1 aromatic carbocycles. The van der Waals surface area contributed by atoms with Crippen LogP contribution in [0.2, 0.25) is 0 Å². The number of piperidine rings is 1. The lowest BCUT2D eigenvalue weighted by atomic mass is 9.95. The number of hydrogen-bond donors (Lipinski definition) is 1. The molecule has 1 amide bonds. The van der Waals surface area contributed by atoms with E-state index < -0.39 is 0 Å². The molecule has 1 atom stereocenters. The lowest BCUT2D eigenvalue weighted by Crippen LogP contribution is -2.45. The average molecular weight is 383 g/mol. The molecule has 1 saturated heterocycles. The summed E-state index contributed by atoms with van der Waals surface area (Å²) in [6.07, 6.45) is 5.99. The first-order valence-corrected chi connectivity index (χ1v) is 10.2. The first-order valence-electron chi connectivity index (χ1n) is 10.2. The largest absolute Gasteiger partial charge is 0.486 e. The van der Waals surface area contributed by atoms with Crippen LogP contribution in [0.15, 0.2) is 22.7 Å². The van der Waals surface area contributed by atoms with Gasteiger partial charge in [0.1, 0.15) is 19.0 Å². The first-order chi connectivity index (χ1) is 13.8. The van der Waals surface area contributed by atoms with E-state index in [-0.39, 0.29) is 11.9 Å². The molecule has 7 heteroatoms. The van der Waals surface area contributed by atoms with Crippen molar-refractivity contribution in [2.45, 2.75) is 44.6 Å². The van der Waals surface area contributed by atoms with Crippen LogP contribution in [0.3, 0.4) is 0 Å². The summed E-state index contributed by atoms with van der Waals surface area (Å²) in [5.41, 5.74) is 2.54. The maximum absolute atomic E-state index is 13.1. The zero-order chi connectivity index (χ0) is 18.9. The van der Waals surface area contributed by atoms with Crippen LogP contribution in [0.1, 0.15) is 47.5 Å². The van der Waals surface area contributed by atoms with Crippen LogP contribution < -0.4 is 14.8 Å². The van der Waals surface area contributed by atoms with E-state index in [2.05, 4.69) is 10.5 Å². The van der Waals surface area contributed by atoms with Crippen molar-refractivity contribution in [3.63, 3.8) is 0 Å². The minimum atomic E-state index is 0.000532. The number of hydrogen-bond acceptors (Lipinski definition) is 6. The molecule has 28 heavy (non-hydrogen) atoms. The second-order valence-corrected chi connectivity index (χ2v) is 7.73. The fraction of sp³-hybridized carbons (Fsp3) is 0.524. The van der Waals surface area contributed by atoms with Gasteiger partial charge in [-0.2, -0.15) is 0 Å². The van der Waals surface area contributed by atoms with E-state index in [1.54, 1.807) is 0 Å². The van der Waals surface area contributed by atoms with E-state index in [1.165, 1.54) is 0 Å². The van der Waals surface area contributed by atoms with Gasteiger partial charge in [0.05, 0.1) is 0 Å². The summed E-state index contributed by atoms with van der Waals surface area (Å²) in [6, 6.07) is 6.11. The molecule has 3 aliphatic rings. The quantitative estimate of drug-likeness (QED) is 0.878. The Morgan fingerprint density at radius 1 is 1.11 bits per heavy atom. The predicted molar refractivity (Wildman–Crippen MR) is 103 cm³/mol. The predicted octanol–water partition coefficient (Wildman–Crippen LogP) is 3.04. The third-order valence-electron chi connectivity index (χ3n) is 5.77. The van der Waals surface area contributed by atoms with Gasteiger partial charge in [-0.3, -0.25) is 4.79 Å². The van der Waals surface area contributed by atoms with Crippen molar-refractivity contribution in [3.05, 3.63) is 35.2 Å². The summed E-state index contributed by atoms with van der Waals surface area (Å²) >= 11 is 0. The molecule has 1 aliphatic carbocycles. The highest BCUT2D eigenvalue weighted by molar-refractivity contribution is 5.94. The fourth-order valence-corrected chi connectivity index (χ4v) is 4.35. The molecule has 0 radical (unpaired) electrons. The molecule has 148 valence electrons. The molecule has 1 unspecified atom stereocenters. The summed E-state index contributed by atoms with van der Waals surface area (Å²) in [4.78, 5) is 15.0. The molecule has 2 aliphatic heterocycles. The van der Waals surface area contributed by atoms with Gasteiger partial charge in [-0.05, 0) is 44.2 Å². The Morgan fingerprint density at radius 2 is 1.96 bits per heavy atom. The highest BCUT2D eigenvalue weighted by atomic mass is 16.6. The van der Waals surface area contributed by atoms with E-state index in [4.69, 9.17) is 14.0 Å². The number of aryl methyl sites for hydroxylation is 1. The molecule has 0 saturated carbocycles. The molecular formula is C21H25N3O4. The number of aromatic nitrogens is 1. The summed E-state index contributed by atoms with van der Waals surface area (Å²) in [7, 11) is 0. The van der Waals surface area contributed by atoms with Gasteiger partial charge in [0, 0.05) is 42.9 Å². The minimum absolute atomic E-state index is 0.000532. The number of amides is 1. The Morgan fingerprint density at radius 3 is 2.89 bits per heavy atom. The van der Waals surface area contributed by atoms with Crippen LogP contribution in [0, 0.1) is 0 Å². The Hall–Kier alpha value is -2.70. The number of anilines is 1. The second kappa shape index (κ2) is 7.37. The molecular weight excluding hydrogens is 358 g/mol. The molecule has 0 bridgehead atoms. The van der Waals surface area contributed by atoms with Crippen molar-refractivity contribution in [1.82, 2.24) is 10.1 Å². The second-order valence-electron chi connectivity index (χ2n) is 7.73. The number of nitrogens with one attached hydrogen (secondary N) is 1. The lowest BCUT2D eigenvalue weighted by molar-refractivity contribution is 0.0703. The Kier molecular flexibility index (Phi) is 4.58.